The van der Waals surface area contributed by atoms with E-state index < -0.39 is 0 Å². The smallest absolute Gasteiger partial charge is 0.224 e. The monoisotopic (exact) mass is 389 g/mol. The first kappa shape index (κ1) is 18.5. The topological polar surface area (TPSA) is 38.3 Å². The van der Waals surface area contributed by atoms with Gasteiger partial charge < -0.3 is 10.1 Å². The van der Waals surface area contributed by atoms with Gasteiger partial charge in [0.25, 0.3) is 0 Å². The molecule has 0 bridgehead atoms. The zero-order valence-electron chi connectivity index (χ0n) is 14.3. The van der Waals surface area contributed by atoms with E-state index in [-0.39, 0.29) is 5.91 Å². The number of halogens is 1. The van der Waals surface area contributed by atoms with Gasteiger partial charge in [0, 0.05) is 16.6 Å². The van der Waals surface area contributed by atoms with E-state index in [9.17, 15) is 4.79 Å². The van der Waals surface area contributed by atoms with Crippen LogP contribution < -0.4 is 10.1 Å². The average Bonchev–Trinajstić information content (AvgIpc) is 2.59. The van der Waals surface area contributed by atoms with Crippen molar-refractivity contribution in [2.75, 3.05) is 11.9 Å². The van der Waals surface area contributed by atoms with E-state index in [1.54, 1.807) is 0 Å². The molecule has 128 valence electrons. The van der Waals surface area contributed by atoms with Crippen LogP contribution in [0.1, 0.15) is 37.8 Å². The van der Waals surface area contributed by atoms with E-state index >= 15 is 0 Å². The largest absolute Gasteiger partial charge is 0.494 e. The molecule has 0 aliphatic heterocycles. The summed E-state index contributed by atoms with van der Waals surface area (Å²) in [4.78, 5) is 12.2. The summed E-state index contributed by atoms with van der Waals surface area (Å²) in [5, 5.41) is 3.09. The molecule has 0 saturated carbocycles. The lowest BCUT2D eigenvalue weighted by Crippen LogP contribution is -2.15. The summed E-state index contributed by atoms with van der Waals surface area (Å²) in [7, 11) is 0. The SMILES string of the molecule is CCc1cccc(CC)c1NC(=O)CCCOc1cccc(Br)c1. The zero-order valence-corrected chi connectivity index (χ0v) is 15.9. The highest BCUT2D eigenvalue weighted by atomic mass is 79.9. The van der Waals surface area contributed by atoms with Gasteiger partial charge in [0.1, 0.15) is 5.75 Å². The third kappa shape index (κ3) is 5.38. The molecule has 1 amide bonds. The summed E-state index contributed by atoms with van der Waals surface area (Å²) in [6.45, 7) is 4.74. The van der Waals surface area contributed by atoms with Crippen LogP contribution in [0.2, 0.25) is 0 Å². The lowest BCUT2D eigenvalue weighted by Gasteiger charge is -2.14. The number of ether oxygens (including phenoxy) is 1. The van der Waals surface area contributed by atoms with Crippen molar-refractivity contribution in [3.63, 3.8) is 0 Å². The number of rotatable bonds is 8. The molecule has 0 saturated heterocycles. The van der Waals surface area contributed by atoms with Gasteiger partial charge in [-0.05, 0) is 48.6 Å². The van der Waals surface area contributed by atoms with E-state index in [4.69, 9.17) is 4.74 Å². The highest BCUT2D eigenvalue weighted by molar-refractivity contribution is 9.10. The predicted molar refractivity (Wildman–Crippen MR) is 103 cm³/mol. The summed E-state index contributed by atoms with van der Waals surface area (Å²) in [5.41, 5.74) is 3.36. The fourth-order valence-electron chi connectivity index (χ4n) is 2.58. The number of anilines is 1. The van der Waals surface area contributed by atoms with Crippen molar-refractivity contribution in [3.8, 4) is 5.75 Å². The second-order valence-electron chi connectivity index (χ2n) is 5.62. The van der Waals surface area contributed by atoms with E-state index in [1.807, 2.05) is 24.3 Å². The van der Waals surface area contributed by atoms with Crippen molar-refractivity contribution < 1.29 is 9.53 Å². The van der Waals surface area contributed by atoms with Crippen molar-refractivity contribution >= 4 is 27.5 Å². The molecule has 0 fully saturated rings. The maximum Gasteiger partial charge on any atom is 0.224 e. The average molecular weight is 390 g/mol. The van der Waals surface area contributed by atoms with Crippen LogP contribution in [0.4, 0.5) is 5.69 Å². The Morgan fingerprint density at radius 3 is 2.38 bits per heavy atom. The van der Waals surface area contributed by atoms with Crippen LogP contribution >= 0.6 is 15.9 Å². The Morgan fingerprint density at radius 1 is 1.08 bits per heavy atom. The third-order valence-corrected chi connectivity index (χ3v) is 4.37. The molecular weight excluding hydrogens is 366 g/mol. The van der Waals surface area contributed by atoms with Gasteiger partial charge >= 0.3 is 0 Å². The van der Waals surface area contributed by atoms with Crippen LogP contribution in [0.3, 0.4) is 0 Å². The number of amides is 1. The van der Waals surface area contributed by atoms with Gasteiger partial charge in [0.05, 0.1) is 6.61 Å². The number of para-hydroxylation sites is 1. The minimum absolute atomic E-state index is 0.0449. The highest BCUT2D eigenvalue weighted by Crippen LogP contribution is 2.23. The summed E-state index contributed by atoms with van der Waals surface area (Å²) in [6, 6.07) is 13.9. The van der Waals surface area contributed by atoms with Crippen molar-refractivity contribution in [3.05, 3.63) is 58.1 Å². The first-order chi connectivity index (χ1) is 11.6. The van der Waals surface area contributed by atoms with E-state index in [1.165, 1.54) is 11.1 Å². The van der Waals surface area contributed by atoms with Crippen LogP contribution in [-0.2, 0) is 17.6 Å². The Bertz CT molecular complexity index is 663. The first-order valence-electron chi connectivity index (χ1n) is 8.43. The molecule has 0 radical (unpaired) electrons. The quantitative estimate of drug-likeness (QED) is 0.616. The lowest BCUT2D eigenvalue weighted by atomic mass is 10.0. The molecule has 2 aromatic rings. The van der Waals surface area contributed by atoms with E-state index in [2.05, 4.69) is 53.3 Å². The van der Waals surface area contributed by atoms with Crippen molar-refractivity contribution in [2.24, 2.45) is 0 Å². The molecule has 3 nitrogen and oxygen atoms in total. The second kappa shape index (κ2) is 9.48. The molecule has 0 aliphatic carbocycles. The Morgan fingerprint density at radius 2 is 1.75 bits per heavy atom. The number of carbonyl (C=O) groups excluding carboxylic acids is 1. The Labute approximate surface area is 152 Å². The minimum atomic E-state index is 0.0449. The molecule has 0 aliphatic rings. The molecule has 2 aromatic carbocycles. The summed E-state index contributed by atoms with van der Waals surface area (Å²) >= 11 is 3.41. The number of hydrogen-bond acceptors (Lipinski definition) is 2. The van der Waals surface area contributed by atoms with Gasteiger partial charge in [-0.15, -0.1) is 0 Å². The number of carbonyl (C=O) groups is 1. The Kier molecular flexibility index (Phi) is 7.32. The lowest BCUT2D eigenvalue weighted by molar-refractivity contribution is -0.116. The molecule has 4 heteroatoms. The summed E-state index contributed by atoms with van der Waals surface area (Å²) in [5.74, 6) is 0.859. The number of benzene rings is 2. The van der Waals surface area contributed by atoms with Gasteiger partial charge in [-0.2, -0.15) is 0 Å². The van der Waals surface area contributed by atoms with Gasteiger partial charge in [-0.3, -0.25) is 4.79 Å². The van der Waals surface area contributed by atoms with Crippen LogP contribution in [0.5, 0.6) is 5.75 Å². The fourth-order valence-corrected chi connectivity index (χ4v) is 2.96. The molecule has 0 heterocycles. The van der Waals surface area contributed by atoms with Gasteiger partial charge in [-0.1, -0.05) is 54.0 Å². The number of aryl methyl sites for hydroxylation is 2. The van der Waals surface area contributed by atoms with Crippen molar-refractivity contribution in [1.82, 2.24) is 0 Å². The van der Waals surface area contributed by atoms with Crippen LogP contribution in [0.15, 0.2) is 46.9 Å². The van der Waals surface area contributed by atoms with Gasteiger partial charge in [0.15, 0.2) is 0 Å². The van der Waals surface area contributed by atoms with E-state index in [0.29, 0.717) is 19.4 Å². The molecule has 1 N–H and O–H groups in total. The van der Waals surface area contributed by atoms with Gasteiger partial charge in [0.2, 0.25) is 5.91 Å². The minimum Gasteiger partial charge on any atom is -0.494 e. The molecule has 0 spiro atoms. The Hall–Kier alpha value is -1.81. The summed E-state index contributed by atoms with van der Waals surface area (Å²) < 4.78 is 6.65. The van der Waals surface area contributed by atoms with Crippen LogP contribution in [0.25, 0.3) is 0 Å². The molecule has 0 aromatic heterocycles. The standard InChI is InChI=1S/C20H24BrNO2/c1-3-15-8-5-9-16(4-2)20(15)22-19(23)12-7-13-24-18-11-6-10-17(21)14-18/h5-6,8-11,14H,3-4,7,12-13H2,1-2H3,(H,22,23). The highest BCUT2D eigenvalue weighted by Gasteiger charge is 2.10. The summed E-state index contributed by atoms with van der Waals surface area (Å²) in [6.07, 6.45) is 2.97. The van der Waals surface area contributed by atoms with Gasteiger partial charge in [-0.25, -0.2) is 0 Å². The van der Waals surface area contributed by atoms with E-state index in [0.717, 1.165) is 28.8 Å². The Balaban J connectivity index is 1.83. The fraction of sp³-hybridized carbons (Fsp3) is 0.350. The molecule has 0 atom stereocenters. The van der Waals surface area contributed by atoms with Crippen LogP contribution in [0, 0.1) is 0 Å². The predicted octanol–water partition coefficient (Wildman–Crippen LogP) is 5.37. The molecule has 0 unspecified atom stereocenters. The maximum absolute atomic E-state index is 12.2. The van der Waals surface area contributed by atoms with Crippen molar-refractivity contribution in [1.29, 1.82) is 0 Å². The number of hydrogen-bond donors (Lipinski definition) is 1. The molecule has 2 rings (SSSR count). The first-order valence-corrected chi connectivity index (χ1v) is 9.22. The normalized spacial score (nSPS) is 10.5. The van der Waals surface area contributed by atoms with Crippen molar-refractivity contribution in [2.45, 2.75) is 39.5 Å². The third-order valence-electron chi connectivity index (χ3n) is 3.88. The number of nitrogens with one attached hydrogen (secondary N) is 1. The maximum atomic E-state index is 12.2. The zero-order chi connectivity index (χ0) is 17.4. The molecule has 24 heavy (non-hydrogen) atoms. The second-order valence-corrected chi connectivity index (χ2v) is 6.53. The molecular formula is C20H24BrNO2. The van der Waals surface area contributed by atoms with Crippen LogP contribution in [-0.4, -0.2) is 12.5 Å².